The Morgan fingerprint density at radius 3 is 2.30 bits per heavy atom. The van der Waals surface area contributed by atoms with Gasteiger partial charge in [-0.2, -0.15) is 0 Å². The Balaban J connectivity index is 2.06. The Bertz CT molecular complexity index is 729. The summed E-state index contributed by atoms with van der Waals surface area (Å²) in [5.41, 5.74) is 6.99. The molecule has 0 radical (unpaired) electrons. The Labute approximate surface area is 161 Å². The van der Waals surface area contributed by atoms with E-state index in [1.165, 1.54) is 0 Å². The molecule has 0 heterocycles. The van der Waals surface area contributed by atoms with Gasteiger partial charge in [-0.1, -0.05) is 37.3 Å². The highest BCUT2D eigenvalue weighted by Gasteiger charge is 2.17. The third kappa shape index (κ3) is 6.77. The molecule has 2 aromatic rings. The van der Waals surface area contributed by atoms with Gasteiger partial charge in [0.1, 0.15) is 5.75 Å². The second-order valence-corrected chi connectivity index (χ2v) is 6.61. The third-order valence-electron chi connectivity index (χ3n) is 4.44. The van der Waals surface area contributed by atoms with E-state index in [-0.39, 0.29) is 18.4 Å². The van der Waals surface area contributed by atoms with E-state index in [9.17, 15) is 9.59 Å². The summed E-state index contributed by atoms with van der Waals surface area (Å²) in [5.74, 6) is 0.223. The maximum absolute atomic E-state index is 12.9. The maximum Gasteiger partial charge on any atom is 0.253 e. The van der Waals surface area contributed by atoms with E-state index in [4.69, 9.17) is 10.5 Å². The highest BCUT2D eigenvalue weighted by molar-refractivity contribution is 5.94. The highest BCUT2D eigenvalue weighted by Crippen LogP contribution is 2.16. The maximum atomic E-state index is 12.9. The van der Waals surface area contributed by atoms with Crippen LogP contribution in [0.5, 0.6) is 5.75 Å². The fourth-order valence-electron chi connectivity index (χ4n) is 2.64. The van der Waals surface area contributed by atoms with Gasteiger partial charge in [-0.3, -0.25) is 9.59 Å². The molecule has 2 aromatic carbocycles. The standard InChI is InChI=1S/C22H28N2O3/c1-3-17(2)27-20-11-9-19(10-12-20)22(26)24(16-14-21(23)25)15-13-18-7-5-4-6-8-18/h4-12,17H,3,13-16H2,1-2H3,(H2,23,25). The van der Waals surface area contributed by atoms with Crippen molar-refractivity contribution in [1.82, 2.24) is 4.90 Å². The fraction of sp³-hybridized carbons (Fsp3) is 0.364. The van der Waals surface area contributed by atoms with Gasteiger partial charge in [-0.15, -0.1) is 0 Å². The number of rotatable bonds is 10. The second kappa shape index (κ2) is 10.4. The van der Waals surface area contributed by atoms with Gasteiger partial charge in [0, 0.05) is 25.1 Å². The van der Waals surface area contributed by atoms with E-state index in [0.717, 1.165) is 24.2 Å². The van der Waals surface area contributed by atoms with E-state index in [0.29, 0.717) is 18.7 Å². The third-order valence-corrected chi connectivity index (χ3v) is 4.44. The molecule has 1 unspecified atom stereocenters. The minimum atomic E-state index is -0.412. The number of benzene rings is 2. The largest absolute Gasteiger partial charge is 0.491 e. The van der Waals surface area contributed by atoms with Crippen molar-refractivity contribution in [3.05, 3.63) is 65.7 Å². The zero-order chi connectivity index (χ0) is 19.6. The molecule has 144 valence electrons. The van der Waals surface area contributed by atoms with Crippen molar-refractivity contribution < 1.29 is 14.3 Å². The Morgan fingerprint density at radius 2 is 1.70 bits per heavy atom. The zero-order valence-electron chi connectivity index (χ0n) is 16.1. The summed E-state index contributed by atoms with van der Waals surface area (Å²) in [6, 6.07) is 17.1. The monoisotopic (exact) mass is 368 g/mol. The fourth-order valence-corrected chi connectivity index (χ4v) is 2.64. The molecule has 2 rings (SSSR count). The summed E-state index contributed by atoms with van der Waals surface area (Å²) in [6.45, 7) is 4.91. The van der Waals surface area contributed by atoms with Crippen LogP contribution in [-0.2, 0) is 11.2 Å². The van der Waals surface area contributed by atoms with E-state index < -0.39 is 5.91 Å². The number of carbonyl (C=O) groups is 2. The number of ether oxygens (including phenoxy) is 1. The molecule has 0 spiro atoms. The number of carbonyl (C=O) groups excluding carboxylic acids is 2. The Kier molecular flexibility index (Phi) is 7.86. The molecule has 0 aromatic heterocycles. The van der Waals surface area contributed by atoms with E-state index in [1.54, 1.807) is 17.0 Å². The molecule has 0 saturated heterocycles. The Morgan fingerprint density at radius 1 is 1.04 bits per heavy atom. The lowest BCUT2D eigenvalue weighted by molar-refractivity contribution is -0.118. The van der Waals surface area contributed by atoms with Gasteiger partial charge < -0.3 is 15.4 Å². The number of primary amides is 1. The number of hydrogen-bond acceptors (Lipinski definition) is 3. The minimum Gasteiger partial charge on any atom is -0.491 e. The topological polar surface area (TPSA) is 72.6 Å². The van der Waals surface area contributed by atoms with Gasteiger partial charge in [0.25, 0.3) is 5.91 Å². The van der Waals surface area contributed by atoms with Crippen LogP contribution in [0.3, 0.4) is 0 Å². The highest BCUT2D eigenvalue weighted by atomic mass is 16.5. The average Bonchev–Trinajstić information content (AvgIpc) is 2.68. The van der Waals surface area contributed by atoms with Crippen molar-refractivity contribution >= 4 is 11.8 Å². The number of hydrogen-bond donors (Lipinski definition) is 1. The number of amides is 2. The summed E-state index contributed by atoms with van der Waals surface area (Å²) >= 11 is 0. The summed E-state index contributed by atoms with van der Waals surface area (Å²) in [6.07, 6.45) is 1.92. The molecule has 0 aliphatic heterocycles. The molecular formula is C22H28N2O3. The quantitative estimate of drug-likeness (QED) is 0.698. The molecule has 5 heteroatoms. The second-order valence-electron chi connectivity index (χ2n) is 6.61. The number of nitrogens with zero attached hydrogens (tertiary/aromatic N) is 1. The van der Waals surface area contributed by atoms with Crippen molar-refractivity contribution in [2.45, 2.75) is 39.2 Å². The summed E-state index contributed by atoms with van der Waals surface area (Å²) in [4.78, 5) is 25.8. The van der Waals surface area contributed by atoms with Gasteiger partial charge in [-0.25, -0.2) is 0 Å². The van der Waals surface area contributed by atoms with Crippen LogP contribution in [0.1, 0.15) is 42.6 Å². The molecule has 0 aliphatic rings. The van der Waals surface area contributed by atoms with Crippen LogP contribution in [0.25, 0.3) is 0 Å². The SMILES string of the molecule is CCC(C)Oc1ccc(C(=O)N(CCC(N)=O)CCc2ccccc2)cc1. The molecule has 0 bridgehead atoms. The first-order chi connectivity index (χ1) is 13.0. The van der Waals surface area contributed by atoms with Crippen LogP contribution in [0, 0.1) is 0 Å². The first-order valence-electron chi connectivity index (χ1n) is 9.37. The zero-order valence-corrected chi connectivity index (χ0v) is 16.1. The van der Waals surface area contributed by atoms with Crippen molar-refractivity contribution in [1.29, 1.82) is 0 Å². The molecule has 2 N–H and O–H groups in total. The van der Waals surface area contributed by atoms with Crippen molar-refractivity contribution in [2.24, 2.45) is 5.73 Å². The van der Waals surface area contributed by atoms with Crippen LogP contribution in [-0.4, -0.2) is 35.9 Å². The van der Waals surface area contributed by atoms with Crippen molar-refractivity contribution in [3.63, 3.8) is 0 Å². The lowest BCUT2D eigenvalue weighted by atomic mass is 10.1. The van der Waals surface area contributed by atoms with E-state index in [1.807, 2.05) is 49.4 Å². The van der Waals surface area contributed by atoms with Gasteiger partial charge in [-0.05, 0) is 49.6 Å². The van der Waals surface area contributed by atoms with Crippen LogP contribution >= 0.6 is 0 Å². The van der Waals surface area contributed by atoms with Crippen molar-refractivity contribution in [2.75, 3.05) is 13.1 Å². The van der Waals surface area contributed by atoms with Gasteiger partial charge >= 0.3 is 0 Å². The molecular weight excluding hydrogens is 340 g/mol. The first-order valence-corrected chi connectivity index (χ1v) is 9.37. The smallest absolute Gasteiger partial charge is 0.253 e. The molecule has 27 heavy (non-hydrogen) atoms. The molecule has 5 nitrogen and oxygen atoms in total. The summed E-state index contributed by atoms with van der Waals surface area (Å²) in [5, 5.41) is 0. The summed E-state index contributed by atoms with van der Waals surface area (Å²) in [7, 11) is 0. The normalized spacial score (nSPS) is 11.6. The first kappa shape index (κ1) is 20.5. The molecule has 2 amide bonds. The van der Waals surface area contributed by atoms with E-state index >= 15 is 0 Å². The lowest BCUT2D eigenvalue weighted by Gasteiger charge is -2.22. The predicted octanol–water partition coefficient (Wildman–Crippen LogP) is 3.42. The predicted molar refractivity (Wildman–Crippen MR) is 107 cm³/mol. The van der Waals surface area contributed by atoms with Crippen LogP contribution in [0.15, 0.2) is 54.6 Å². The number of nitrogens with two attached hydrogens (primary N) is 1. The van der Waals surface area contributed by atoms with Crippen LogP contribution in [0.4, 0.5) is 0 Å². The minimum absolute atomic E-state index is 0.109. The lowest BCUT2D eigenvalue weighted by Crippen LogP contribution is -2.35. The van der Waals surface area contributed by atoms with E-state index in [2.05, 4.69) is 6.92 Å². The van der Waals surface area contributed by atoms with Gasteiger partial charge in [0.15, 0.2) is 0 Å². The molecule has 0 fully saturated rings. The average molecular weight is 368 g/mol. The van der Waals surface area contributed by atoms with Gasteiger partial charge in [0.05, 0.1) is 6.10 Å². The molecule has 1 atom stereocenters. The van der Waals surface area contributed by atoms with Crippen molar-refractivity contribution in [3.8, 4) is 5.75 Å². The van der Waals surface area contributed by atoms with Gasteiger partial charge in [0.2, 0.25) is 5.91 Å². The molecule has 0 aliphatic carbocycles. The molecule has 0 saturated carbocycles. The van der Waals surface area contributed by atoms with Crippen LogP contribution in [0.2, 0.25) is 0 Å². The Hall–Kier alpha value is -2.82. The van der Waals surface area contributed by atoms with Crippen LogP contribution < -0.4 is 10.5 Å². The summed E-state index contributed by atoms with van der Waals surface area (Å²) < 4.78 is 5.76.